The summed E-state index contributed by atoms with van der Waals surface area (Å²) in [4.78, 5) is 0. The maximum Gasteiger partial charge on any atom is 0.141 e. The average molecular weight is 384 g/mol. The molecule has 0 atom stereocenters. The van der Waals surface area contributed by atoms with E-state index >= 15 is 0 Å². The van der Waals surface area contributed by atoms with Crippen molar-refractivity contribution < 1.29 is 8.81 Å². The summed E-state index contributed by atoms with van der Waals surface area (Å²) in [6.45, 7) is 5.73. The molecule has 23 heavy (non-hydrogen) atoms. The van der Waals surface area contributed by atoms with E-state index in [1.54, 1.807) is 12.1 Å². The molecule has 2 aromatic rings. The second kappa shape index (κ2) is 11.7. The summed E-state index contributed by atoms with van der Waals surface area (Å²) in [5.74, 6) is 1.13. The molecule has 0 aliphatic heterocycles. The van der Waals surface area contributed by atoms with E-state index in [-0.39, 0.29) is 29.8 Å². The highest BCUT2D eigenvalue weighted by atomic mass is 35.5. The lowest BCUT2D eigenvalue weighted by Gasteiger charge is -2.03. The number of halogens is 4. The number of furan rings is 1. The minimum absolute atomic E-state index is 0. The zero-order valence-electron chi connectivity index (χ0n) is 12.9. The van der Waals surface area contributed by atoms with Crippen LogP contribution in [0, 0.1) is 5.82 Å². The Morgan fingerprint density at radius 2 is 1.83 bits per heavy atom. The molecule has 0 aliphatic rings. The minimum Gasteiger partial charge on any atom is -0.460 e. The van der Waals surface area contributed by atoms with Crippen LogP contribution in [-0.2, 0) is 6.54 Å². The van der Waals surface area contributed by atoms with E-state index in [4.69, 9.17) is 16.0 Å². The predicted molar refractivity (Wildman–Crippen MR) is 98.5 cm³/mol. The fourth-order valence-corrected chi connectivity index (χ4v) is 2.18. The van der Waals surface area contributed by atoms with Gasteiger partial charge in [-0.25, -0.2) is 4.39 Å². The third-order valence-electron chi connectivity index (χ3n) is 3.12. The maximum atomic E-state index is 13.1. The van der Waals surface area contributed by atoms with Gasteiger partial charge in [0.1, 0.15) is 17.3 Å². The first-order valence-electron chi connectivity index (χ1n) is 7.16. The quantitative estimate of drug-likeness (QED) is 0.650. The molecule has 7 heteroatoms. The molecule has 0 fully saturated rings. The summed E-state index contributed by atoms with van der Waals surface area (Å²) in [6, 6.07) is 8.37. The first-order chi connectivity index (χ1) is 10.2. The Morgan fingerprint density at radius 3 is 2.52 bits per heavy atom. The predicted octanol–water partition coefficient (Wildman–Crippen LogP) is 4.67. The number of nitrogens with one attached hydrogen (secondary N) is 2. The fraction of sp³-hybridized carbons (Fsp3) is 0.375. The van der Waals surface area contributed by atoms with E-state index in [0.29, 0.717) is 12.3 Å². The lowest BCUT2D eigenvalue weighted by Crippen LogP contribution is -2.21. The Kier molecular flexibility index (Phi) is 11.3. The van der Waals surface area contributed by atoms with Gasteiger partial charge in [-0.1, -0.05) is 18.5 Å². The Balaban J connectivity index is 0.00000242. The van der Waals surface area contributed by atoms with Crippen LogP contribution in [0.25, 0.3) is 11.3 Å². The van der Waals surface area contributed by atoms with Crippen molar-refractivity contribution in [2.45, 2.75) is 19.9 Å². The molecule has 1 aromatic carbocycles. The molecular formula is C16H22Cl3FN2O. The first kappa shape index (κ1) is 22.2. The van der Waals surface area contributed by atoms with Crippen LogP contribution in [0.2, 0.25) is 5.02 Å². The van der Waals surface area contributed by atoms with E-state index in [0.717, 1.165) is 37.4 Å². The second-order valence-corrected chi connectivity index (χ2v) is 5.19. The van der Waals surface area contributed by atoms with Crippen molar-refractivity contribution >= 4 is 36.4 Å². The summed E-state index contributed by atoms with van der Waals surface area (Å²) in [6.07, 6.45) is 1.08. The third-order valence-corrected chi connectivity index (χ3v) is 3.41. The number of hydrogen-bond acceptors (Lipinski definition) is 3. The Labute approximate surface area is 153 Å². The van der Waals surface area contributed by atoms with Crippen LogP contribution in [0.15, 0.2) is 34.7 Å². The monoisotopic (exact) mass is 382 g/mol. The third kappa shape index (κ3) is 7.10. The lowest BCUT2D eigenvalue weighted by molar-refractivity contribution is 0.488. The standard InChI is InChI=1S/C16H20ClFN2O.2ClH/c1-2-19-8-3-9-20-11-13-5-7-16(21-13)12-4-6-15(18)14(17)10-12;;/h4-7,10,19-20H,2-3,8-9,11H2,1H3;2*1H. The van der Waals surface area contributed by atoms with Gasteiger partial charge in [-0.05, 0) is 56.4 Å². The normalized spacial score (nSPS) is 10.0. The Morgan fingerprint density at radius 1 is 1.09 bits per heavy atom. The Bertz CT molecular complexity index is 578. The molecule has 130 valence electrons. The molecule has 1 aromatic heterocycles. The van der Waals surface area contributed by atoms with Gasteiger partial charge in [0, 0.05) is 5.56 Å². The van der Waals surface area contributed by atoms with E-state index in [1.165, 1.54) is 6.07 Å². The van der Waals surface area contributed by atoms with Crippen molar-refractivity contribution in [1.29, 1.82) is 0 Å². The topological polar surface area (TPSA) is 37.2 Å². The molecular weight excluding hydrogens is 362 g/mol. The molecule has 0 amide bonds. The van der Waals surface area contributed by atoms with E-state index < -0.39 is 5.82 Å². The molecule has 0 radical (unpaired) electrons. The molecule has 0 saturated carbocycles. The van der Waals surface area contributed by atoms with Crippen molar-refractivity contribution in [2.24, 2.45) is 0 Å². The zero-order valence-corrected chi connectivity index (χ0v) is 15.3. The zero-order chi connectivity index (χ0) is 15.1. The van der Waals surface area contributed by atoms with Crippen LogP contribution in [-0.4, -0.2) is 19.6 Å². The largest absolute Gasteiger partial charge is 0.460 e. The van der Waals surface area contributed by atoms with Crippen LogP contribution in [0.4, 0.5) is 4.39 Å². The molecule has 1 heterocycles. The molecule has 0 unspecified atom stereocenters. The highest BCUT2D eigenvalue weighted by Gasteiger charge is 2.07. The average Bonchev–Trinajstić information content (AvgIpc) is 2.94. The van der Waals surface area contributed by atoms with Crippen molar-refractivity contribution in [1.82, 2.24) is 10.6 Å². The summed E-state index contributed by atoms with van der Waals surface area (Å²) < 4.78 is 18.9. The summed E-state index contributed by atoms with van der Waals surface area (Å²) in [7, 11) is 0. The summed E-state index contributed by atoms with van der Waals surface area (Å²) >= 11 is 5.78. The first-order valence-corrected chi connectivity index (χ1v) is 7.54. The van der Waals surface area contributed by atoms with Gasteiger partial charge >= 0.3 is 0 Å². The maximum absolute atomic E-state index is 13.1. The molecule has 0 spiro atoms. The van der Waals surface area contributed by atoms with Gasteiger partial charge in [0.15, 0.2) is 0 Å². The second-order valence-electron chi connectivity index (χ2n) is 4.78. The van der Waals surface area contributed by atoms with Gasteiger partial charge in [0.05, 0.1) is 11.6 Å². The number of benzene rings is 1. The van der Waals surface area contributed by atoms with Gasteiger partial charge in [0.25, 0.3) is 0 Å². The number of hydrogen-bond donors (Lipinski definition) is 2. The van der Waals surface area contributed by atoms with Crippen molar-refractivity contribution in [3.05, 3.63) is 46.9 Å². The lowest BCUT2D eigenvalue weighted by atomic mass is 10.2. The molecule has 3 nitrogen and oxygen atoms in total. The van der Waals surface area contributed by atoms with Crippen LogP contribution in [0.1, 0.15) is 19.1 Å². The molecule has 0 bridgehead atoms. The fourth-order valence-electron chi connectivity index (χ4n) is 2.00. The SMILES string of the molecule is CCNCCCNCc1ccc(-c2ccc(F)c(Cl)c2)o1.Cl.Cl. The highest BCUT2D eigenvalue weighted by Crippen LogP contribution is 2.26. The smallest absolute Gasteiger partial charge is 0.141 e. The summed E-state index contributed by atoms with van der Waals surface area (Å²) in [5, 5.41) is 6.71. The number of rotatable bonds is 8. The van der Waals surface area contributed by atoms with Gasteiger partial charge in [-0.2, -0.15) is 0 Å². The molecule has 2 rings (SSSR count). The Hall–Kier alpha value is -0.780. The van der Waals surface area contributed by atoms with Gasteiger partial charge in [0.2, 0.25) is 0 Å². The minimum atomic E-state index is -0.422. The van der Waals surface area contributed by atoms with E-state index in [9.17, 15) is 4.39 Å². The van der Waals surface area contributed by atoms with Crippen molar-refractivity contribution in [2.75, 3.05) is 19.6 Å². The van der Waals surface area contributed by atoms with Crippen LogP contribution in [0.3, 0.4) is 0 Å². The van der Waals surface area contributed by atoms with Crippen molar-refractivity contribution in [3.63, 3.8) is 0 Å². The van der Waals surface area contributed by atoms with E-state index in [2.05, 4.69) is 17.6 Å². The van der Waals surface area contributed by atoms with E-state index in [1.807, 2.05) is 12.1 Å². The molecule has 2 N–H and O–H groups in total. The van der Waals surface area contributed by atoms with Crippen LogP contribution in [0.5, 0.6) is 0 Å². The van der Waals surface area contributed by atoms with Crippen LogP contribution >= 0.6 is 36.4 Å². The van der Waals surface area contributed by atoms with Gasteiger partial charge < -0.3 is 15.1 Å². The summed E-state index contributed by atoms with van der Waals surface area (Å²) in [5.41, 5.74) is 0.778. The van der Waals surface area contributed by atoms with Crippen molar-refractivity contribution in [3.8, 4) is 11.3 Å². The van der Waals surface area contributed by atoms with Gasteiger partial charge in [-0.15, -0.1) is 24.8 Å². The highest BCUT2D eigenvalue weighted by molar-refractivity contribution is 6.31. The van der Waals surface area contributed by atoms with Gasteiger partial charge in [-0.3, -0.25) is 0 Å². The molecule has 0 aliphatic carbocycles. The van der Waals surface area contributed by atoms with Crippen LogP contribution < -0.4 is 10.6 Å². The molecule has 0 saturated heterocycles.